The molecule has 3 atom stereocenters. The molecule has 5 rings (SSSR count). The number of nitriles is 1. The van der Waals surface area contributed by atoms with Crippen LogP contribution in [0.3, 0.4) is 0 Å². The summed E-state index contributed by atoms with van der Waals surface area (Å²) in [4.78, 5) is 126. The number of hydrogen-bond acceptors (Lipinski definition) is 16. The number of benzene rings is 2. The van der Waals surface area contributed by atoms with Gasteiger partial charge in [-0.25, -0.2) is 8.78 Å². The zero-order valence-electron chi connectivity index (χ0n) is 46.3. The predicted molar refractivity (Wildman–Crippen MR) is 295 cm³/mol. The Kier molecular flexibility index (Phi) is 24.5. The van der Waals surface area contributed by atoms with E-state index in [1.807, 2.05) is 44.2 Å². The number of pyridine rings is 1. The van der Waals surface area contributed by atoms with E-state index < -0.39 is 84.5 Å². The van der Waals surface area contributed by atoms with Crippen LogP contribution < -0.4 is 32.3 Å². The Hall–Kier alpha value is -8.19. The van der Waals surface area contributed by atoms with Gasteiger partial charge in [-0.05, 0) is 98.7 Å². The van der Waals surface area contributed by atoms with E-state index in [9.17, 15) is 72.5 Å². The summed E-state index contributed by atoms with van der Waals surface area (Å²) in [5.74, 6) is -10.1. The van der Waals surface area contributed by atoms with E-state index >= 15 is 0 Å². The Morgan fingerprint density at radius 1 is 0.720 bits per heavy atom. The predicted octanol–water partition coefficient (Wildman–Crippen LogP) is 1.11. The summed E-state index contributed by atoms with van der Waals surface area (Å²) in [5.41, 5.74) is 10.9. The Morgan fingerprint density at radius 2 is 1.27 bits per heavy atom. The third kappa shape index (κ3) is 21.4. The number of aromatic nitrogens is 1. The molecule has 27 heteroatoms. The number of carboxylic acids is 3. The van der Waals surface area contributed by atoms with Gasteiger partial charge in [0, 0.05) is 101 Å². The number of carbonyl (C=O) groups is 9. The number of nitrogen functional groups attached to an aromatic ring is 1. The highest BCUT2D eigenvalue weighted by Gasteiger charge is 2.48. The fraction of sp³-hybridized carbons (Fsp3) is 0.509. The van der Waals surface area contributed by atoms with Crippen LogP contribution in [0.1, 0.15) is 72.6 Å². The van der Waals surface area contributed by atoms with Gasteiger partial charge in [0.2, 0.25) is 29.5 Å². The van der Waals surface area contributed by atoms with Crippen molar-refractivity contribution >= 4 is 64.7 Å². The van der Waals surface area contributed by atoms with Crippen LogP contribution >= 0.6 is 0 Å². The molecule has 3 aromatic rings. The molecule has 1 aromatic heterocycles. The van der Waals surface area contributed by atoms with Crippen molar-refractivity contribution in [3.8, 4) is 17.2 Å². The molecule has 0 saturated carbocycles. The van der Waals surface area contributed by atoms with E-state index in [0.717, 1.165) is 27.2 Å². The van der Waals surface area contributed by atoms with Crippen LogP contribution in [0, 0.1) is 25.2 Å². The van der Waals surface area contributed by atoms with E-state index in [0.29, 0.717) is 24.2 Å². The third-order valence-electron chi connectivity index (χ3n) is 13.9. The molecule has 1 unspecified atom stereocenters. The number of carboxylic acid groups (broad SMARTS) is 3. The number of hydrogen-bond donors (Lipinski definition) is 9. The number of nitrogens with one attached hydrogen (secondary N) is 5. The summed E-state index contributed by atoms with van der Waals surface area (Å²) in [7, 11) is 0. The van der Waals surface area contributed by atoms with E-state index in [2.05, 4.69) is 31.6 Å². The second-order valence-corrected chi connectivity index (χ2v) is 20.5. The maximum Gasteiger partial charge on any atom is 0.317 e. The number of aryl methyl sites for hydroxylation is 2. The number of aliphatic carboxylic acids is 3. The van der Waals surface area contributed by atoms with E-state index in [4.69, 9.17) is 5.73 Å². The van der Waals surface area contributed by atoms with Crippen molar-refractivity contribution in [3.05, 3.63) is 77.1 Å². The first kappa shape index (κ1) is 64.6. The third-order valence-corrected chi connectivity index (χ3v) is 13.9. The Bertz CT molecular complexity index is 2800. The second-order valence-electron chi connectivity index (χ2n) is 20.5. The van der Waals surface area contributed by atoms with Gasteiger partial charge >= 0.3 is 17.9 Å². The van der Waals surface area contributed by atoms with Crippen molar-refractivity contribution in [2.45, 2.75) is 89.9 Å². The van der Waals surface area contributed by atoms with Gasteiger partial charge in [-0.15, -0.1) is 0 Å². The number of nitrogens with zero attached hydrogens (tertiary/aromatic N) is 7. The van der Waals surface area contributed by atoms with Crippen molar-refractivity contribution in [1.82, 2.24) is 50.8 Å². The normalized spacial score (nSPS) is 17.2. The van der Waals surface area contributed by atoms with Crippen LogP contribution in [0.4, 0.5) is 20.2 Å². The standard InChI is InChI=1S/C55H73F2N13O12/c1-35-24-38(7-9-43(35)59)39-8-10-44(36(2)25-39)65-53(81)45(6-4-5-14-61-48(73)30-66-16-18-67(31-49(74)75)20-22-69(33-51(78)79)23-21-68(19-17-66)32-50(76)77)64-47(72)12-11-46(71)62-29-41-26-40(13-15-60-41)52(80)63-37(3)54(82)70-34-55(56,57)27-42(70)28-58/h7-10,13,15,24-26,37,42,45H,4-6,11-12,14,16-23,27,29-34,59H2,1-3H3,(H,61,73)(H,62,71)(H,63,80)(H,64,72)(H,65,81)(H,74,75)(H,76,77)(H,78,79)/t37-,42+,45?/m1/s1. The number of halogens is 2. The van der Waals surface area contributed by atoms with Gasteiger partial charge in [0.05, 0.1) is 51.0 Å². The van der Waals surface area contributed by atoms with Crippen LogP contribution in [0.25, 0.3) is 11.1 Å². The quantitative estimate of drug-likeness (QED) is 0.0424. The highest BCUT2D eigenvalue weighted by atomic mass is 19.3. The number of alkyl halides is 2. The lowest BCUT2D eigenvalue weighted by molar-refractivity contribution is -0.140. The topological polar surface area (TPSA) is 353 Å². The molecular weight excluding hydrogens is 1070 g/mol. The molecule has 2 aromatic carbocycles. The van der Waals surface area contributed by atoms with E-state index in [1.54, 1.807) is 31.7 Å². The fourth-order valence-electron chi connectivity index (χ4n) is 9.31. The first-order valence-electron chi connectivity index (χ1n) is 26.9. The van der Waals surface area contributed by atoms with Crippen molar-refractivity contribution in [3.63, 3.8) is 0 Å². The average Bonchev–Trinajstić information content (AvgIpc) is 3.97. The number of rotatable bonds is 25. The molecule has 2 aliphatic rings. The van der Waals surface area contributed by atoms with Crippen molar-refractivity contribution in [2.24, 2.45) is 0 Å². The van der Waals surface area contributed by atoms with Gasteiger partial charge in [0.15, 0.2) is 0 Å². The molecule has 10 N–H and O–H groups in total. The van der Waals surface area contributed by atoms with Gasteiger partial charge in [-0.2, -0.15) is 5.26 Å². The monoisotopic (exact) mass is 1150 g/mol. The largest absolute Gasteiger partial charge is 0.480 e. The summed E-state index contributed by atoms with van der Waals surface area (Å²) < 4.78 is 27.9. The molecule has 0 aliphatic carbocycles. The molecule has 82 heavy (non-hydrogen) atoms. The summed E-state index contributed by atoms with van der Waals surface area (Å²) in [6.45, 7) is 4.95. The lowest BCUT2D eigenvalue weighted by Gasteiger charge is -2.32. The van der Waals surface area contributed by atoms with Crippen LogP contribution in [0.2, 0.25) is 0 Å². The molecule has 3 heterocycles. The zero-order chi connectivity index (χ0) is 60.1. The molecule has 0 radical (unpaired) electrons. The number of likely N-dealkylation sites (tertiary alicyclic amines) is 1. The van der Waals surface area contributed by atoms with Crippen LogP contribution in [0.5, 0.6) is 0 Å². The van der Waals surface area contributed by atoms with Crippen LogP contribution in [-0.2, 0) is 44.9 Å². The minimum absolute atomic E-state index is 0.0483. The summed E-state index contributed by atoms with van der Waals surface area (Å²) in [6, 6.07) is 11.9. The molecule has 6 amide bonds. The van der Waals surface area contributed by atoms with Crippen molar-refractivity contribution < 1.29 is 67.3 Å². The number of anilines is 2. The fourth-order valence-corrected chi connectivity index (χ4v) is 9.31. The lowest BCUT2D eigenvalue weighted by Crippen LogP contribution is -2.49. The number of amides is 6. The van der Waals surface area contributed by atoms with Crippen molar-refractivity contribution in [1.29, 1.82) is 5.26 Å². The van der Waals surface area contributed by atoms with Gasteiger partial charge in [-0.3, -0.25) is 67.7 Å². The lowest BCUT2D eigenvalue weighted by atomic mass is 10.00. The molecule has 0 spiro atoms. The molecule has 2 fully saturated rings. The average molecular weight is 1150 g/mol. The van der Waals surface area contributed by atoms with Crippen molar-refractivity contribution in [2.75, 3.05) is 103 Å². The van der Waals surface area contributed by atoms with Crippen LogP contribution in [0.15, 0.2) is 54.7 Å². The summed E-state index contributed by atoms with van der Waals surface area (Å²) in [5, 5.41) is 51.5. The highest BCUT2D eigenvalue weighted by molar-refractivity contribution is 5.99. The Balaban J connectivity index is 1.17. The summed E-state index contributed by atoms with van der Waals surface area (Å²) in [6.07, 6.45) is 0.734. The molecule has 25 nitrogen and oxygen atoms in total. The minimum Gasteiger partial charge on any atom is -0.480 e. The molecule has 0 bridgehead atoms. The maximum absolute atomic E-state index is 14.0. The minimum atomic E-state index is -3.23. The van der Waals surface area contributed by atoms with E-state index in [1.165, 1.54) is 25.3 Å². The summed E-state index contributed by atoms with van der Waals surface area (Å²) >= 11 is 0. The Morgan fingerprint density at radius 3 is 1.82 bits per heavy atom. The highest BCUT2D eigenvalue weighted by Crippen LogP contribution is 2.32. The molecule has 2 saturated heterocycles. The first-order valence-corrected chi connectivity index (χ1v) is 26.9. The van der Waals surface area contributed by atoms with Gasteiger partial charge in [0.1, 0.15) is 18.1 Å². The number of carbonyl (C=O) groups excluding carboxylic acids is 6. The first-order chi connectivity index (χ1) is 38.9. The molecule has 444 valence electrons. The second kappa shape index (κ2) is 31.1. The van der Waals surface area contributed by atoms with Gasteiger partial charge in [0.25, 0.3) is 11.8 Å². The SMILES string of the molecule is Cc1cc(-c2ccc(NC(=O)C(CCCCNC(=O)CN3CCN(CC(=O)O)CCN(CC(=O)O)CCN(CC(=O)O)CC3)NC(=O)CCC(=O)NCc3cc(C(=O)N[C@H](C)C(=O)N4CC(F)(F)C[C@H]4C#N)ccn3)c(C)c2)ccc1N. The van der Waals surface area contributed by atoms with Gasteiger partial charge < -0.3 is 52.5 Å². The van der Waals surface area contributed by atoms with Gasteiger partial charge in [-0.1, -0.05) is 12.1 Å². The van der Waals surface area contributed by atoms with Crippen LogP contribution in [-0.4, -0.2) is 214 Å². The number of unbranched alkanes of at least 4 members (excludes halogenated alkanes) is 1. The maximum atomic E-state index is 14.0. The zero-order valence-corrected chi connectivity index (χ0v) is 46.3. The molecule has 2 aliphatic heterocycles. The smallest absolute Gasteiger partial charge is 0.317 e. The van der Waals surface area contributed by atoms with E-state index in [-0.39, 0.29) is 128 Å². The number of nitrogens with two attached hydrogens (primary N) is 1. The Labute approximate surface area is 473 Å². The molecular formula is C55H73F2N13O12.